The third-order valence-corrected chi connectivity index (χ3v) is 8.83. The number of carbonyl (C=O) groups is 4. The van der Waals surface area contributed by atoms with Crippen molar-refractivity contribution in [2.75, 3.05) is 43.7 Å². The molecule has 0 spiro atoms. The first-order valence-electron chi connectivity index (χ1n) is 14.1. The zero-order chi connectivity index (χ0) is 34.9. The van der Waals surface area contributed by atoms with Crippen molar-refractivity contribution in [3.8, 4) is 5.75 Å². The number of nitro groups is 1. The number of phenols is 1. The fourth-order valence-corrected chi connectivity index (χ4v) is 6.80. The number of likely N-dealkylation sites (N-methyl/N-ethyl adjacent to an activating group) is 1. The summed E-state index contributed by atoms with van der Waals surface area (Å²) in [6.45, 7) is 0. The van der Waals surface area contributed by atoms with Gasteiger partial charge in [-0.25, -0.2) is 4.79 Å². The molecule has 0 aromatic heterocycles. The average Bonchev–Trinajstić information content (AvgIpc) is 2.96. The standard InChI is InChI=1S/C30H31FN6O10/c1-35(2)17-10-16(34-29(44)33-12-5-6-15(31)18(9-12)37(46)47)23(38)20-13(17)7-11-8-14-22(36(3)4)25(40)21(28(32)43)27(42)30(14,45)26(41)19(11)24(20)39/h5-6,9-11,14,22,38-39,42,45H,7-8H2,1-4H3,(H2,32,43)(H2,33,34,44)/t11-,14-,22-,30-/m1/s1. The Morgan fingerprint density at radius 2 is 1.77 bits per heavy atom. The highest BCUT2D eigenvalue weighted by Gasteiger charge is 2.64. The molecule has 0 radical (unpaired) electrons. The van der Waals surface area contributed by atoms with Crippen molar-refractivity contribution in [3.63, 3.8) is 0 Å². The number of Topliss-reactive ketones (excluding diaryl/α,β-unsaturated/α-hetero) is 2. The number of primary amides is 1. The summed E-state index contributed by atoms with van der Waals surface area (Å²) in [7, 11) is 6.28. The number of nitro benzene ring substituents is 1. The Hall–Kier alpha value is -5.55. The molecule has 5 rings (SSSR count). The van der Waals surface area contributed by atoms with Crippen LogP contribution in [0.15, 0.2) is 41.2 Å². The predicted octanol–water partition coefficient (Wildman–Crippen LogP) is 1.72. The van der Waals surface area contributed by atoms with Crippen LogP contribution in [0.4, 0.5) is 31.9 Å². The normalized spacial score (nSPS) is 23.6. The van der Waals surface area contributed by atoms with Crippen LogP contribution in [-0.2, 0) is 20.8 Å². The molecular formula is C30H31FN6O10. The third kappa shape index (κ3) is 4.99. The number of hydrogen-bond acceptors (Lipinski definition) is 12. The second kappa shape index (κ2) is 11.4. The lowest BCUT2D eigenvalue weighted by atomic mass is 9.57. The summed E-state index contributed by atoms with van der Waals surface area (Å²) in [5.41, 5.74) is 0.417. The maximum absolute atomic E-state index is 14.1. The van der Waals surface area contributed by atoms with E-state index in [1.165, 1.54) is 25.1 Å². The van der Waals surface area contributed by atoms with Crippen LogP contribution in [0.3, 0.4) is 0 Å². The lowest BCUT2D eigenvalue weighted by molar-refractivity contribution is -0.387. The van der Waals surface area contributed by atoms with Crippen molar-refractivity contribution in [2.24, 2.45) is 17.6 Å². The molecule has 0 aliphatic heterocycles. The number of aliphatic hydroxyl groups is 3. The Balaban J connectivity index is 1.61. The number of benzene rings is 2. The molecule has 17 heteroatoms. The third-order valence-electron chi connectivity index (χ3n) is 8.83. The number of nitrogens with one attached hydrogen (secondary N) is 2. The zero-order valence-corrected chi connectivity index (χ0v) is 25.5. The summed E-state index contributed by atoms with van der Waals surface area (Å²) in [5.74, 6) is -9.27. The average molecular weight is 655 g/mol. The van der Waals surface area contributed by atoms with E-state index in [9.17, 15) is 54.1 Å². The van der Waals surface area contributed by atoms with Crippen LogP contribution in [0.25, 0.3) is 5.76 Å². The molecule has 0 saturated heterocycles. The molecule has 2 aromatic rings. The smallest absolute Gasteiger partial charge is 0.323 e. The quantitative estimate of drug-likeness (QED) is 0.102. The number of phenolic OH excluding ortho intramolecular Hbond substituents is 1. The van der Waals surface area contributed by atoms with E-state index in [4.69, 9.17) is 5.73 Å². The highest BCUT2D eigenvalue weighted by Crippen LogP contribution is 2.54. The number of fused-ring (bicyclic) bond motifs is 3. The van der Waals surface area contributed by atoms with Crippen LogP contribution in [0.1, 0.15) is 17.5 Å². The molecule has 8 N–H and O–H groups in total. The first-order valence-corrected chi connectivity index (χ1v) is 14.1. The lowest BCUT2D eigenvalue weighted by Gasteiger charge is -2.50. The van der Waals surface area contributed by atoms with Crippen LogP contribution in [0.2, 0.25) is 0 Å². The largest absolute Gasteiger partial charge is 0.508 e. The van der Waals surface area contributed by atoms with Gasteiger partial charge in [-0.15, -0.1) is 0 Å². The van der Waals surface area contributed by atoms with Crippen molar-refractivity contribution >= 4 is 52.0 Å². The van der Waals surface area contributed by atoms with Crippen molar-refractivity contribution < 1.29 is 48.9 Å². The van der Waals surface area contributed by atoms with Gasteiger partial charge in [0, 0.05) is 43.0 Å². The Morgan fingerprint density at radius 3 is 2.34 bits per heavy atom. The van der Waals surface area contributed by atoms with Crippen LogP contribution in [0, 0.1) is 27.8 Å². The molecule has 3 amide bonds. The van der Waals surface area contributed by atoms with Gasteiger partial charge in [-0.1, -0.05) is 0 Å². The predicted molar refractivity (Wildman–Crippen MR) is 164 cm³/mol. The lowest BCUT2D eigenvalue weighted by Crippen LogP contribution is -2.65. The number of ketones is 2. The van der Waals surface area contributed by atoms with Gasteiger partial charge >= 0.3 is 11.7 Å². The topological polar surface area (TPSA) is 249 Å². The minimum absolute atomic E-state index is 0.0152. The van der Waals surface area contributed by atoms with Gasteiger partial charge in [0.1, 0.15) is 17.1 Å². The molecule has 3 aliphatic carbocycles. The molecular weight excluding hydrogens is 623 g/mol. The summed E-state index contributed by atoms with van der Waals surface area (Å²) in [4.78, 5) is 65.5. The first kappa shape index (κ1) is 32.8. The second-order valence-corrected chi connectivity index (χ2v) is 12.0. The number of nitrogens with two attached hydrogens (primary N) is 1. The fraction of sp³-hybridized carbons (Fsp3) is 0.333. The number of hydrogen-bond donors (Lipinski definition) is 7. The number of aliphatic hydroxyl groups excluding tert-OH is 2. The fourth-order valence-electron chi connectivity index (χ4n) is 6.80. The molecule has 1 saturated carbocycles. The van der Waals surface area contributed by atoms with E-state index in [0.717, 1.165) is 18.2 Å². The van der Waals surface area contributed by atoms with Gasteiger partial charge in [0.2, 0.25) is 11.6 Å². The van der Waals surface area contributed by atoms with E-state index < -0.39 is 86.3 Å². The highest BCUT2D eigenvalue weighted by molar-refractivity contribution is 6.24. The van der Waals surface area contributed by atoms with E-state index in [1.807, 2.05) is 0 Å². The summed E-state index contributed by atoms with van der Waals surface area (Å²) >= 11 is 0. The van der Waals surface area contributed by atoms with E-state index >= 15 is 0 Å². The molecule has 4 atom stereocenters. The maximum Gasteiger partial charge on any atom is 0.323 e. The molecule has 2 aromatic carbocycles. The van der Waals surface area contributed by atoms with E-state index in [-0.39, 0.29) is 35.4 Å². The minimum Gasteiger partial charge on any atom is -0.508 e. The molecule has 0 unspecified atom stereocenters. The highest BCUT2D eigenvalue weighted by atomic mass is 19.1. The Kier molecular flexibility index (Phi) is 7.93. The van der Waals surface area contributed by atoms with Gasteiger partial charge in [0.15, 0.2) is 17.1 Å². The van der Waals surface area contributed by atoms with E-state index in [0.29, 0.717) is 11.3 Å². The molecule has 3 aliphatic rings. The van der Waals surface area contributed by atoms with Gasteiger partial charge in [-0.05, 0) is 56.6 Å². The number of halogens is 1. The summed E-state index contributed by atoms with van der Waals surface area (Å²) < 4.78 is 13.8. The van der Waals surface area contributed by atoms with Crippen LogP contribution in [0.5, 0.6) is 5.75 Å². The van der Waals surface area contributed by atoms with Gasteiger partial charge in [-0.2, -0.15) is 4.39 Å². The van der Waals surface area contributed by atoms with Gasteiger partial charge in [-0.3, -0.25) is 29.4 Å². The maximum atomic E-state index is 14.1. The summed E-state index contributed by atoms with van der Waals surface area (Å²) in [5, 5.41) is 61.5. The molecule has 0 heterocycles. The monoisotopic (exact) mass is 654 g/mol. The summed E-state index contributed by atoms with van der Waals surface area (Å²) in [6, 6.07) is 1.81. The Morgan fingerprint density at radius 1 is 1.11 bits per heavy atom. The van der Waals surface area contributed by atoms with Crippen molar-refractivity contribution in [1.29, 1.82) is 0 Å². The number of carbonyl (C=O) groups excluding carboxylic acids is 4. The summed E-state index contributed by atoms with van der Waals surface area (Å²) in [6.07, 6.45) is -0.0903. The Bertz CT molecular complexity index is 1850. The number of anilines is 3. The van der Waals surface area contributed by atoms with Crippen LogP contribution in [-0.4, -0.2) is 93.6 Å². The minimum atomic E-state index is -2.82. The van der Waals surface area contributed by atoms with Gasteiger partial charge in [0.25, 0.3) is 5.91 Å². The molecule has 248 valence electrons. The van der Waals surface area contributed by atoms with Crippen LogP contribution >= 0.6 is 0 Å². The van der Waals surface area contributed by atoms with E-state index in [1.54, 1.807) is 19.0 Å². The van der Waals surface area contributed by atoms with Crippen molar-refractivity contribution in [2.45, 2.75) is 24.5 Å². The number of rotatable bonds is 6. The molecule has 47 heavy (non-hydrogen) atoms. The SMILES string of the molecule is CN(C)c1cc(NC(=O)Nc2ccc(F)c([N+](=O)[O-])c2)c(O)c2c1C[C@@H]1C[C@@H]3[C@@H](N(C)C)C(=O)C(C(N)=O)=C(O)[C@]3(O)C(=O)C1=C2O. The van der Waals surface area contributed by atoms with Gasteiger partial charge in [0.05, 0.1) is 22.2 Å². The first-order chi connectivity index (χ1) is 21.9. The van der Waals surface area contributed by atoms with E-state index in [2.05, 4.69) is 10.6 Å². The zero-order valence-electron chi connectivity index (χ0n) is 25.5. The molecule has 1 fully saturated rings. The van der Waals surface area contributed by atoms with Crippen molar-refractivity contribution in [3.05, 3.63) is 68.2 Å². The Labute approximate surface area is 265 Å². The number of urea groups is 1. The van der Waals surface area contributed by atoms with Crippen molar-refractivity contribution in [1.82, 2.24) is 4.90 Å². The molecule has 16 nitrogen and oxygen atoms in total. The number of amides is 3. The van der Waals surface area contributed by atoms with Gasteiger partial charge < -0.3 is 41.7 Å². The number of nitrogens with zero attached hydrogens (tertiary/aromatic N) is 3. The molecule has 0 bridgehead atoms. The van der Waals surface area contributed by atoms with Crippen LogP contribution < -0.4 is 21.3 Å². The number of aromatic hydroxyl groups is 1. The second-order valence-electron chi connectivity index (χ2n) is 12.0.